The normalized spacial score (nSPS) is 36.7. The van der Waals surface area contributed by atoms with E-state index >= 15 is 0 Å². The molecule has 1 saturated heterocycles. The van der Waals surface area contributed by atoms with Crippen LogP contribution in [0.5, 0.6) is 0 Å². The minimum absolute atomic E-state index is 0.281. The predicted octanol–water partition coefficient (Wildman–Crippen LogP) is -0.484. The van der Waals surface area contributed by atoms with Crippen molar-refractivity contribution in [3.63, 3.8) is 0 Å². The van der Waals surface area contributed by atoms with E-state index in [1.807, 2.05) is 0 Å². The van der Waals surface area contributed by atoms with Gasteiger partial charge in [0.25, 0.3) is 0 Å². The van der Waals surface area contributed by atoms with Crippen LogP contribution in [0.15, 0.2) is 0 Å². The van der Waals surface area contributed by atoms with Gasteiger partial charge in [0.1, 0.15) is 0 Å². The summed E-state index contributed by atoms with van der Waals surface area (Å²) >= 11 is 0. The minimum Gasteiger partial charge on any atom is -0.391 e. The van der Waals surface area contributed by atoms with Gasteiger partial charge in [-0.1, -0.05) is 9.39 Å². The number of aliphatic hydroxyl groups excluding tert-OH is 1. The summed E-state index contributed by atoms with van der Waals surface area (Å²) in [6.45, 7) is 1.20. The SMILES string of the molecule is OC1COCC(NP)C1. The lowest BCUT2D eigenvalue weighted by molar-refractivity contribution is -0.0182. The highest BCUT2D eigenvalue weighted by molar-refractivity contribution is 7.13. The number of nitrogens with one attached hydrogen (secondary N) is 1. The zero-order valence-corrected chi connectivity index (χ0v) is 6.36. The summed E-state index contributed by atoms with van der Waals surface area (Å²) in [5.41, 5.74) is 0. The first-order chi connectivity index (χ1) is 4.33. The summed E-state index contributed by atoms with van der Waals surface area (Å²) in [5, 5.41) is 12.0. The highest BCUT2D eigenvalue weighted by Gasteiger charge is 2.18. The van der Waals surface area contributed by atoms with E-state index in [0.29, 0.717) is 19.3 Å². The Morgan fingerprint density at radius 1 is 1.56 bits per heavy atom. The van der Waals surface area contributed by atoms with Crippen molar-refractivity contribution < 1.29 is 9.84 Å². The molecule has 1 aliphatic rings. The molecule has 0 saturated carbocycles. The summed E-state index contributed by atoms with van der Waals surface area (Å²) in [5.74, 6) is 0. The van der Waals surface area contributed by atoms with Crippen LogP contribution >= 0.6 is 9.39 Å². The predicted molar refractivity (Wildman–Crippen MR) is 38.1 cm³/mol. The standard InChI is InChI=1S/C5H12NO2P/c7-5-1-4(6-9)2-8-3-5/h4-7H,1-3,9H2. The molecule has 3 nitrogen and oxygen atoms in total. The topological polar surface area (TPSA) is 41.5 Å². The Kier molecular flexibility index (Phi) is 2.86. The van der Waals surface area contributed by atoms with Crippen LogP contribution in [0, 0.1) is 0 Å². The van der Waals surface area contributed by atoms with E-state index in [1.165, 1.54) is 0 Å². The van der Waals surface area contributed by atoms with Crippen molar-refractivity contribution in [3.8, 4) is 0 Å². The molecule has 0 aromatic heterocycles. The molecule has 0 spiro atoms. The first kappa shape index (κ1) is 7.42. The molecule has 3 atom stereocenters. The quantitative estimate of drug-likeness (QED) is 0.494. The van der Waals surface area contributed by atoms with Crippen LogP contribution in [0.25, 0.3) is 0 Å². The largest absolute Gasteiger partial charge is 0.391 e. The van der Waals surface area contributed by atoms with Crippen LogP contribution < -0.4 is 5.09 Å². The molecule has 54 valence electrons. The smallest absolute Gasteiger partial charge is 0.0789 e. The molecule has 1 rings (SSSR count). The number of aliphatic hydroxyl groups is 1. The highest BCUT2D eigenvalue weighted by atomic mass is 31.0. The van der Waals surface area contributed by atoms with Gasteiger partial charge in [0.2, 0.25) is 0 Å². The van der Waals surface area contributed by atoms with Gasteiger partial charge in [-0.05, 0) is 6.42 Å². The van der Waals surface area contributed by atoms with Crippen LogP contribution in [-0.4, -0.2) is 30.5 Å². The van der Waals surface area contributed by atoms with Gasteiger partial charge in [0.05, 0.1) is 19.3 Å². The first-order valence-corrected chi connectivity index (χ1v) is 3.62. The second-order valence-corrected chi connectivity index (χ2v) is 2.62. The minimum atomic E-state index is -0.281. The third kappa shape index (κ3) is 2.18. The van der Waals surface area contributed by atoms with Crippen molar-refractivity contribution in [1.29, 1.82) is 0 Å². The molecule has 3 unspecified atom stereocenters. The van der Waals surface area contributed by atoms with Gasteiger partial charge < -0.3 is 9.84 Å². The van der Waals surface area contributed by atoms with E-state index in [2.05, 4.69) is 14.5 Å². The maximum Gasteiger partial charge on any atom is 0.0789 e. The Bertz CT molecular complexity index is 91.0. The molecule has 0 radical (unpaired) electrons. The Morgan fingerprint density at radius 3 is 2.78 bits per heavy atom. The van der Waals surface area contributed by atoms with Crippen molar-refractivity contribution in [2.24, 2.45) is 0 Å². The lowest BCUT2D eigenvalue weighted by Crippen LogP contribution is -2.38. The molecule has 1 heterocycles. The zero-order valence-electron chi connectivity index (χ0n) is 5.21. The number of rotatable bonds is 1. The summed E-state index contributed by atoms with van der Waals surface area (Å²) in [6.07, 6.45) is 0.514. The van der Waals surface area contributed by atoms with Gasteiger partial charge in [0, 0.05) is 6.04 Å². The molecule has 0 aromatic carbocycles. The molecule has 1 aliphatic heterocycles. The summed E-state index contributed by atoms with van der Waals surface area (Å²) in [6, 6.07) is 0.304. The van der Waals surface area contributed by atoms with Crippen molar-refractivity contribution in [2.45, 2.75) is 18.6 Å². The van der Waals surface area contributed by atoms with Crippen LogP contribution in [0.4, 0.5) is 0 Å². The fourth-order valence-corrected chi connectivity index (χ4v) is 1.16. The first-order valence-electron chi connectivity index (χ1n) is 3.05. The summed E-state index contributed by atoms with van der Waals surface area (Å²) in [7, 11) is 2.42. The summed E-state index contributed by atoms with van der Waals surface area (Å²) in [4.78, 5) is 0. The monoisotopic (exact) mass is 149 g/mol. The van der Waals surface area contributed by atoms with E-state index in [9.17, 15) is 0 Å². The molecule has 9 heavy (non-hydrogen) atoms. The average molecular weight is 149 g/mol. The maximum absolute atomic E-state index is 9.04. The van der Waals surface area contributed by atoms with Gasteiger partial charge in [-0.25, -0.2) is 0 Å². The molecule has 4 heteroatoms. The number of ether oxygens (including phenoxy) is 1. The van der Waals surface area contributed by atoms with Crippen molar-refractivity contribution >= 4 is 9.39 Å². The molecular formula is C5H12NO2P. The molecule has 2 N–H and O–H groups in total. The van der Waals surface area contributed by atoms with Crippen LogP contribution in [0.3, 0.4) is 0 Å². The molecule has 0 amide bonds. The third-order valence-corrected chi connectivity index (χ3v) is 1.89. The van der Waals surface area contributed by atoms with E-state index < -0.39 is 0 Å². The van der Waals surface area contributed by atoms with E-state index in [4.69, 9.17) is 9.84 Å². The van der Waals surface area contributed by atoms with Crippen LogP contribution in [0.2, 0.25) is 0 Å². The Hall–Kier alpha value is 0.310. The number of hydrogen-bond donors (Lipinski definition) is 2. The van der Waals surface area contributed by atoms with Gasteiger partial charge in [0.15, 0.2) is 0 Å². The molecule has 0 bridgehead atoms. The molecule has 0 aliphatic carbocycles. The number of hydrogen-bond acceptors (Lipinski definition) is 3. The van der Waals surface area contributed by atoms with Gasteiger partial charge in [-0.15, -0.1) is 0 Å². The van der Waals surface area contributed by atoms with Crippen LogP contribution in [0.1, 0.15) is 6.42 Å². The van der Waals surface area contributed by atoms with E-state index in [0.717, 1.165) is 6.42 Å². The second kappa shape index (κ2) is 3.47. The molecule has 0 aromatic rings. The van der Waals surface area contributed by atoms with Crippen LogP contribution in [-0.2, 0) is 4.74 Å². The van der Waals surface area contributed by atoms with Crippen molar-refractivity contribution in [3.05, 3.63) is 0 Å². The molecule has 1 fully saturated rings. The Labute approximate surface area is 57.0 Å². The van der Waals surface area contributed by atoms with Gasteiger partial charge >= 0.3 is 0 Å². The summed E-state index contributed by atoms with van der Waals surface area (Å²) < 4.78 is 5.06. The Balaban J connectivity index is 2.23. The van der Waals surface area contributed by atoms with Crippen molar-refractivity contribution in [1.82, 2.24) is 5.09 Å². The zero-order chi connectivity index (χ0) is 6.69. The second-order valence-electron chi connectivity index (χ2n) is 2.29. The lowest BCUT2D eigenvalue weighted by Gasteiger charge is -2.25. The van der Waals surface area contributed by atoms with E-state index in [-0.39, 0.29) is 6.10 Å². The fourth-order valence-electron chi connectivity index (χ4n) is 0.927. The van der Waals surface area contributed by atoms with Crippen molar-refractivity contribution in [2.75, 3.05) is 13.2 Å². The average Bonchev–Trinajstić information content (AvgIpc) is 1.88. The van der Waals surface area contributed by atoms with Gasteiger partial charge in [-0.3, -0.25) is 5.09 Å². The molecular weight excluding hydrogens is 137 g/mol. The van der Waals surface area contributed by atoms with Gasteiger partial charge in [-0.2, -0.15) is 0 Å². The fraction of sp³-hybridized carbons (Fsp3) is 1.00. The maximum atomic E-state index is 9.04. The van der Waals surface area contributed by atoms with E-state index in [1.54, 1.807) is 0 Å². The third-order valence-electron chi connectivity index (χ3n) is 1.42. The lowest BCUT2D eigenvalue weighted by atomic mass is 10.1. The Morgan fingerprint density at radius 2 is 2.33 bits per heavy atom. The highest BCUT2D eigenvalue weighted by Crippen LogP contribution is 2.07.